The number of halogens is 1. The Morgan fingerprint density at radius 1 is 1.37 bits per heavy atom. The van der Waals surface area contributed by atoms with Crippen molar-refractivity contribution in [1.82, 2.24) is 15.4 Å². The number of allylic oxidation sites excluding steroid dienone is 1. The Morgan fingerprint density at radius 3 is 2.80 bits per heavy atom. The van der Waals surface area contributed by atoms with E-state index in [9.17, 15) is 19.2 Å². The highest BCUT2D eigenvalue weighted by Gasteiger charge is 2.34. The van der Waals surface area contributed by atoms with E-state index >= 15 is 0 Å². The smallest absolute Gasteiger partial charge is 0.281 e. The van der Waals surface area contributed by atoms with Crippen LogP contribution in [0.5, 0.6) is 5.75 Å². The van der Waals surface area contributed by atoms with Crippen LogP contribution in [0.3, 0.4) is 0 Å². The van der Waals surface area contributed by atoms with Crippen molar-refractivity contribution in [2.24, 2.45) is 0 Å². The largest absolute Gasteiger partial charge is 0.460 e. The topological polar surface area (TPSA) is 141 Å². The molecule has 0 bridgehead atoms. The minimum absolute atomic E-state index is 0.129. The molecule has 2 aromatic heterocycles. The molecular weight excluding hydrogens is 459 g/mol. The summed E-state index contributed by atoms with van der Waals surface area (Å²) < 4.78 is 23.7. The van der Waals surface area contributed by atoms with Crippen LogP contribution in [0.2, 0.25) is 0 Å². The molecule has 0 aliphatic carbocycles. The van der Waals surface area contributed by atoms with E-state index in [1.807, 2.05) is 6.92 Å². The number of aromatic nitrogens is 1. The molecule has 4 rings (SSSR count). The molecule has 4 N–H and O–H groups in total. The number of nitrogens with one attached hydrogen (secondary N) is 3. The second kappa shape index (κ2) is 9.72. The maximum atomic E-state index is 13.1. The van der Waals surface area contributed by atoms with Gasteiger partial charge in [0.1, 0.15) is 17.1 Å². The third-order valence-electron chi connectivity index (χ3n) is 6.25. The summed E-state index contributed by atoms with van der Waals surface area (Å²) in [5.74, 6) is -0.0741. The van der Waals surface area contributed by atoms with E-state index in [2.05, 4.69) is 10.0 Å². The molecule has 0 radical (unpaired) electrons. The van der Waals surface area contributed by atoms with Gasteiger partial charge in [-0.3, -0.25) is 9.59 Å². The number of H-pyrrole nitrogens is 1. The third-order valence-corrected chi connectivity index (χ3v) is 6.25. The Balaban J connectivity index is 1.62. The first-order valence-corrected chi connectivity index (χ1v) is 10.9. The molecule has 184 valence electrons. The summed E-state index contributed by atoms with van der Waals surface area (Å²) >= 11 is 0. The molecular formula is C24H25FN4O6. The van der Waals surface area contributed by atoms with Crippen LogP contribution in [0.1, 0.15) is 51.1 Å². The molecule has 1 fully saturated rings. The van der Waals surface area contributed by atoms with Crippen molar-refractivity contribution >= 4 is 34.8 Å². The number of carbonyl (C=O) groups is 2. The maximum Gasteiger partial charge on any atom is 0.281 e. The van der Waals surface area contributed by atoms with Crippen LogP contribution in [-0.2, 0) is 5.04 Å². The number of aryl methyl sites for hydroxylation is 1. The van der Waals surface area contributed by atoms with Gasteiger partial charge < -0.3 is 29.6 Å². The first-order chi connectivity index (χ1) is 16.8. The van der Waals surface area contributed by atoms with Crippen LogP contribution in [0.4, 0.5) is 4.53 Å². The van der Waals surface area contributed by atoms with E-state index in [1.165, 1.54) is 6.08 Å². The average molecular weight is 484 g/mol. The van der Waals surface area contributed by atoms with Gasteiger partial charge in [-0.25, -0.2) is 0 Å². The normalized spacial score (nSPS) is 18.2. The molecule has 2 atom stereocenters. The van der Waals surface area contributed by atoms with Gasteiger partial charge in [0.25, 0.3) is 11.8 Å². The Morgan fingerprint density at radius 2 is 2.14 bits per heavy atom. The van der Waals surface area contributed by atoms with E-state index in [0.29, 0.717) is 46.5 Å². The van der Waals surface area contributed by atoms with Crippen molar-refractivity contribution in [2.75, 3.05) is 6.54 Å². The predicted octanol–water partition coefficient (Wildman–Crippen LogP) is 3.59. The molecule has 0 saturated carbocycles. The third kappa shape index (κ3) is 4.43. The molecule has 0 unspecified atom stereocenters. The quantitative estimate of drug-likeness (QED) is 0.229. The lowest BCUT2D eigenvalue weighted by Gasteiger charge is -2.22. The molecule has 35 heavy (non-hydrogen) atoms. The van der Waals surface area contributed by atoms with E-state index in [4.69, 9.17) is 14.6 Å². The van der Waals surface area contributed by atoms with Gasteiger partial charge in [-0.15, -0.1) is 0 Å². The summed E-state index contributed by atoms with van der Waals surface area (Å²) in [6.45, 7) is 5.62. The first-order valence-electron chi connectivity index (χ1n) is 10.9. The maximum absolute atomic E-state index is 13.1. The van der Waals surface area contributed by atoms with Gasteiger partial charge in [-0.1, -0.05) is 5.04 Å². The highest BCUT2D eigenvalue weighted by Crippen LogP contribution is 2.32. The highest BCUT2D eigenvalue weighted by molar-refractivity contribution is 6.07. The molecule has 3 aromatic rings. The van der Waals surface area contributed by atoms with Crippen LogP contribution in [-0.4, -0.2) is 51.7 Å². The average Bonchev–Trinajstić information content (AvgIpc) is 3.47. The number of aliphatic hydroxyl groups excluding tert-OH is 1. The number of amides is 2. The molecule has 1 aliphatic rings. The summed E-state index contributed by atoms with van der Waals surface area (Å²) in [4.78, 5) is 29.8. The minimum Gasteiger partial charge on any atom is -0.460 e. The zero-order valence-corrected chi connectivity index (χ0v) is 19.3. The number of hydroxylamine groups is 1. The summed E-state index contributed by atoms with van der Waals surface area (Å²) in [6, 6.07) is 4.47. The van der Waals surface area contributed by atoms with E-state index in [-0.39, 0.29) is 29.0 Å². The number of furan rings is 1. The Bertz CT molecular complexity index is 1330. The van der Waals surface area contributed by atoms with Crippen molar-refractivity contribution in [1.29, 1.82) is 5.41 Å². The molecule has 2 amide bonds. The second-order valence-corrected chi connectivity index (χ2v) is 8.30. The number of aliphatic hydroxyl groups is 1. The van der Waals surface area contributed by atoms with Crippen molar-refractivity contribution in [2.45, 2.75) is 39.3 Å². The van der Waals surface area contributed by atoms with Gasteiger partial charge in [0.15, 0.2) is 5.76 Å². The van der Waals surface area contributed by atoms with Crippen molar-refractivity contribution in [3.8, 4) is 5.75 Å². The van der Waals surface area contributed by atoms with Gasteiger partial charge in [-0.05, 0) is 49.4 Å². The van der Waals surface area contributed by atoms with E-state index in [1.54, 1.807) is 48.6 Å². The number of hydrogen-bond acceptors (Lipinski definition) is 7. The SMILES string of the molecule is Cc1oc2cc(O/C(=C/C=N)c3[nH]cc(C(=O)N4CC[C@H](O)[C@H]4C)c3C)ccc2c1C(=O)NOF. The molecule has 10 nitrogen and oxygen atoms in total. The zero-order valence-electron chi connectivity index (χ0n) is 19.3. The lowest BCUT2D eigenvalue weighted by molar-refractivity contribution is -0.176. The van der Waals surface area contributed by atoms with Crippen LogP contribution < -0.4 is 10.2 Å². The number of aromatic amines is 1. The fourth-order valence-electron chi connectivity index (χ4n) is 4.34. The number of ether oxygens (including phenoxy) is 1. The van der Waals surface area contributed by atoms with Crippen LogP contribution in [0, 0.1) is 19.3 Å². The number of fused-ring (bicyclic) bond motifs is 1. The van der Waals surface area contributed by atoms with Crippen molar-refractivity contribution in [3.05, 3.63) is 58.6 Å². The van der Waals surface area contributed by atoms with Gasteiger partial charge in [0, 0.05) is 36.5 Å². The fraction of sp³-hybridized carbons (Fsp3) is 0.292. The Labute approximate surface area is 199 Å². The lowest BCUT2D eigenvalue weighted by Crippen LogP contribution is -2.37. The molecule has 3 heterocycles. The van der Waals surface area contributed by atoms with Gasteiger partial charge in [-0.2, -0.15) is 5.48 Å². The first kappa shape index (κ1) is 24.2. The number of benzene rings is 1. The zero-order chi connectivity index (χ0) is 25.3. The summed E-state index contributed by atoms with van der Waals surface area (Å²) in [6.07, 6.45) is 4.06. The van der Waals surface area contributed by atoms with Gasteiger partial charge in [0.2, 0.25) is 0 Å². The molecule has 0 spiro atoms. The molecule has 1 aromatic carbocycles. The highest BCUT2D eigenvalue weighted by atomic mass is 19.3. The predicted molar refractivity (Wildman–Crippen MR) is 125 cm³/mol. The molecule has 11 heteroatoms. The molecule has 1 aliphatic heterocycles. The second-order valence-electron chi connectivity index (χ2n) is 8.30. The van der Waals surface area contributed by atoms with E-state index < -0.39 is 12.0 Å². The number of likely N-dealkylation sites (tertiary alicyclic amines) is 1. The van der Waals surface area contributed by atoms with Crippen LogP contribution in [0.25, 0.3) is 16.7 Å². The minimum atomic E-state index is -0.791. The molecule has 1 saturated heterocycles. The number of rotatable bonds is 7. The van der Waals surface area contributed by atoms with Crippen molar-refractivity contribution in [3.63, 3.8) is 0 Å². The summed E-state index contributed by atoms with van der Waals surface area (Å²) in [7, 11) is 0. The lowest BCUT2D eigenvalue weighted by atomic mass is 10.1. The van der Waals surface area contributed by atoms with Crippen LogP contribution in [0.15, 0.2) is 34.9 Å². The van der Waals surface area contributed by atoms with Crippen molar-refractivity contribution < 1.29 is 33.4 Å². The fourth-order valence-corrected chi connectivity index (χ4v) is 4.34. The van der Waals surface area contributed by atoms with Gasteiger partial charge >= 0.3 is 0 Å². The number of hydrogen-bond donors (Lipinski definition) is 4. The van der Waals surface area contributed by atoms with E-state index in [0.717, 1.165) is 6.21 Å². The standard InChI is InChI=1S/C24H25FN4O6/c1-12-17(24(32)29-9-7-18(30)13(29)2)11-27-22(12)19(6-8-26)34-15-4-5-16-20(10-15)33-14(3)21(16)23(31)28-35-25/h4-6,8,10-11,13,18,26-27,30H,7,9H2,1-3H3,(H,28,31)/b19-6+,26-8?/t13-,18+/m1/s1. The summed E-state index contributed by atoms with van der Waals surface area (Å²) in [5.41, 5.74) is 3.69. The Hall–Kier alpha value is -3.96. The number of carbonyl (C=O) groups excluding carboxylic acids is 2. The van der Waals surface area contributed by atoms with Gasteiger partial charge in [0.05, 0.1) is 29.0 Å². The summed E-state index contributed by atoms with van der Waals surface area (Å²) in [5, 5.41) is 21.2. The van der Waals surface area contributed by atoms with Crippen LogP contribution >= 0.6 is 0 Å². The Kier molecular flexibility index (Phi) is 6.72. The number of nitrogens with zero attached hydrogens (tertiary/aromatic N) is 1. The monoisotopic (exact) mass is 484 g/mol.